The summed E-state index contributed by atoms with van der Waals surface area (Å²) < 4.78 is 0.875. The molecule has 40 valence electrons. The Labute approximate surface area is 52.3 Å². The van der Waals surface area contributed by atoms with Crippen molar-refractivity contribution in [3.8, 4) is 0 Å². The first-order chi connectivity index (χ1) is 3.13. The molecule has 0 N–H and O–H groups in total. The predicted octanol–water partition coefficient (Wildman–Crippen LogP) is 2.33. The molecule has 0 fully saturated rings. The zero-order chi connectivity index (χ0) is 5.86. The molecule has 0 spiro atoms. The Morgan fingerprint density at radius 2 is 2.00 bits per heavy atom. The molecule has 0 atom stereocenters. The van der Waals surface area contributed by atoms with Crippen LogP contribution in [0.1, 0.15) is 13.8 Å². The lowest BCUT2D eigenvalue weighted by molar-refractivity contribution is 1.33. The van der Waals surface area contributed by atoms with E-state index in [1.165, 1.54) is 0 Å². The summed E-state index contributed by atoms with van der Waals surface area (Å²) >= 11 is 3.16. The van der Waals surface area contributed by atoms with Crippen LogP contribution in [0.25, 0.3) is 0 Å². The average Bonchev–Trinajstić information content (AvgIpc) is 1.27. The topological polar surface area (TPSA) is 12.4 Å². The molecule has 0 rings (SSSR count). The predicted molar refractivity (Wildman–Crippen MR) is 36.9 cm³/mol. The van der Waals surface area contributed by atoms with Gasteiger partial charge in [0.2, 0.25) is 0 Å². The van der Waals surface area contributed by atoms with Crippen molar-refractivity contribution in [2.24, 2.45) is 4.99 Å². The summed E-state index contributed by atoms with van der Waals surface area (Å²) in [6.45, 7) is 7.30. The molecular weight excluding hydrogens is 154 g/mol. The molecule has 0 aliphatic rings. The van der Waals surface area contributed by atoms with Crippen molar-refractivity contribution in [3.63, 3.8) is 0 Å². The molecule has 7 heavy (non-hydrogen) atoms. The van der Waals surface area contributed by atoms with Crippen LogP contribution in [0.15, 0.2) is 17.3 Å². The van der Waals surface area contributed by atoms with Crippen LogP contribution in [0.5, 0.6) is 0 Å². The zero-order valence-electron chi connectivity index (χ0n) is 4.53. The van der Waals surface area contributed by atoms with Crippen LogP contribution in [0.2, 0.25) is 0 Å². The summed E-state index contributed by atoms with van der Waals surface area (Å²) in [5.74, 6) is 0. The minimum Gasteiger partial charge on any atom is -0.252 e. The average molecular weight is 162 g/mol. The molecule has 0 unspecified atom stereocenters. The number of allylic oxidation sites excluding steroid dienone is 1. The summed E-state index contributed by atoms with van der Waals surface area (Å²) in [7, 11) is 0. The van der Waals surface area contributed by atoms with Crippen molar-refractivity contribution in [2.45, 2.75) is 13.8 Å². The third-order valence-corrected chi connectivity index (χ3v) is 0.522. The van der Waals surface area contributed by atoms with Gasteiger partial charge in [-0.25, -0.2) is 0 Å². The fraction of sp³-hybridized carbons (Fsp3) is 0.400. The van der Waals surface area contributed by atoms with Crippen LogP contribution < -0.4 is 0 Å². The van der Waals surface area contributed by atoms with Crippen molar-refractivity contribution in [3.05, 3.63) is 12.3 Å². The van der Waals surface area contributed by atoms with Crippen LogP contribution in [-0.2, 0) is 0 Å². The summed E-state index contributed by atoms with van der Waals surface area (Å²) in [6.07, 6.45) is 0. The third kappa shape index (κ3) is 5.89. The van der Waals surface area contributed by atoms with Crippen LogP contribution in [0.4, 0.5) is 0 Å². The molecule has 0 aromatic carbocycles. The molecule has 0 heterocycles. The van der Waals surface area contributed by atoms with Gasteiger partial charge < -0.3 is 0 Å². The molecule has 0 saturated heterocycles. The Hall–Kier alpha value is -0.110. The maximum Gasteiger partial charge on any atom is 0.0801 e. The van der Waals surface area contributed by atoms with E-state index in [1.54, 1.807) is 0 Å². The highest BCUT2D eigenvalue weighted by molar-refractivity contribution is 9.18. The van der Waals surface area contributed by atoms with E-state index in [9.17, 15) is 0 Å². The molecule has 0 radical (unpaired) electrons. The van der Waals surface area contributed by atoms with Gasteiger partial charge in [0.05, 0.1) is 4.62 Å². The maximum atomic E-state index is 3.92. The van der Waals surface area contributed by atoms with E-state index in [2.05, 4.69) is 27.5 Å². The molecule has 0 aromatic rings. The molecule has 2 heteroatoms. The fourth-order valence-electron chi connectivity index (χ4n) is 0.263. The van der Waals surface area contributed by atoms with E-state index in [4.69, 9.17) is 0 Å². The Kier molecular flexibility index (Phi) is 2.92. The molecule has 0 aliphatic carbocycles. The second-order valence-electron chi connectivity index (χ2n) is 1.34. The van der Waals surface area contributed by atoms with Gasteiger partial charge in [0.25, 0.3) is 0 Å². The van der Waals surface area contributed by atoms with Gasteiger partial charge in [0, 0.05) is 5.70 Å². The number of halogens is 1. The first-order valence-corrected chi connectivity index (χ1v) is 2.78. The van der Waals surface area contributed by atoms with Crippen molar-refractivity contribution < 1.29 is 0 Å². The zero-order valence-corrected chi connectivity index (χ0v) is 6.12. The molecule has 0 bridgehead atoms. The van der Waals surface area contributed by atoms with Gasteiger partial charge in [0.15, 0.2) is 0 Å². The SMILES string of the molecule is C=C(C)N=C(C)Br. The minimum absolute atomic E-state index is 0.828. The monoisotopic (exact) mass is 161 g/mol. The molecule has 0 aromatic heterocycles. The Morgan fingerprint density at radius 3 is 2.00 bits per heavy atom. The Balaban J connectivity index is 3.68. The summed E-state index contributed by atoms with van der Waals surface area (Å²) in [4.78, 5) is 3.92. The highest BCUT2D eigenvalue weighted by Gasteiger charge is 1.76. The summed E-state index contributed by atoms with van der Waals surface area (Å²) in [5, 5.41) is 0. The first kappa shape index (κ1) is 6.89. The number of rotatable bonds is 1. The second-order valence-corrected chi connectivity index (χ2v) is 2.49. The largest absolute Gasteiger partial charge is 0.252 e. The summed E-state index contributed by atoms with van der Waals surface area (Å²) in [6, 6.07) is 0. The third-order valence-electron chi connectivity index (χ3n) is 0.345. The van der Waals surface area contributed by atoms with Crippen molar-refractivity contribution in [1.29, 1.82) is 0 Å². The van der Waals surface area contributed by atoms with Gasteiger partial charge in [0.1, 0.15) is 0 Å². The lowest BCUT2D eigenvalue weighted by atomic mass is 10.6. The maximum absolute atomic E-state index is 3.92. The number of hydrogen-bond acceptors (Lipinski definition) is 1. The molecule has 0 amide bonds. The van der Waals surface area contributed by atoms with Crippen molar-refractivity contribution in [2.75, 3.05) is 0 Å². The van der Waals surface area contributed by atoms with Crippen molar-refractivity contribution >= 4 is 20.6 Å². The molecule has 0 saturated carbocycles. The van der Waals surface area contributed by atoms with E-state index >= 15 is 0 Å². The minimum atomic E-state index is 0.828. The number of nitrogens with zero attached hydrogens (tertiary/aromatic N) is 1. The molecule has 0 aliphatic heterocycles. The lowest BCUT2D eigenvalue weighted by Gasteiger charge is -1.84. The summed E-state index contributed by atoms with van der Waals surface area (Å²) in [5.41, 5.74) is 0.828. The first-order valence-electron chi connectivity index (χ1n) is 1.99. The van der Waals surface area contributed by atoms with E-state index in [-0.39, 0.29) is 0 Å². The van der Waals surface area contributed by atoms with Gasteiger partial charge in [-0.2, -0.15) is 0 Å². The van der Waals surface area contributed by atoms with Crippen LogP contribution in [0.3, 0.4) is 0 Å². The Morgan fingerprint density at radius 1 is 1.57 bits per heavy atom. The second kappa shape index (κ2) is 2.97. The lowest BCUT2D eigenvalue weighted by Crippen LogP contribution is -1.72. The van der Waals surface area contributed by atoms with E-state index < -0.39 is 0 Å². The van der Waals surface area contributed by atoms with E-state index in [0.29, 0.717) is 0 Å². The highest BCUT2D eigenvalue weighted by atomic mass is 79.9. The molecule has 1 nitrogen and oxygen atoms in total. The number of hydrogen-bond donors (Lipinski definition) is 0. The van der Waals surface area contributed by atoms with Gasteiger partial charge >= 0.3 is 0 Å². The van der Waals surface area contributed by atoms with Crippen molar-refractivity contribution in [1.82, 2.24) is 0 Å². The fourth-order valence-corrected chi connectivity index (χ4v) is 0.566. The Bertz CT molecular complexity index is 101. The van der Waals surface area contributed by atoms with Crippen LogP contribution in [0, 0.1) is 0 Å². The highest BCUT2D eigenvalue weighted by Crippen LogP contribution is 1.94. The van der Waals surface area contributed by atoms with Gasteiger partial charge in [-0.15, -0.1) is 0 Å². The van der Waals surface area contributed by atoms with Crippen LogP contribution in [-0.4, -0.2) is 4.62 Å². The molecular formula is C5H8BrN. The number of aliphatic imine (C=N–C) groups is 1. The smallest absolute Gasteiger partial charge is 0.0801 e. The standard InChI is InChI=1S/C5H8BrN/c1-4(2)7-5(3)6/h1H2,2-3H3. The van der Waals surface area contributed by atoms with Gasteiger partial charge in [-0.05, 0) is 29.8 Å². The van der Waals surface area contributed by atoms with Gasteiger partial charge in [-0.1, -0.05) is 6.58 Å². The van der Waals surface area contributed by atoms with Gasteiger partial charge in [-0.3, -0.25) is 4.99 Å². The van der Waals surface area contributed by atoms with Crippen LogP contribution >= 0.6 is 15.9 Å². The quantitative estimate of drug-likeness (QED) is 0.524. The van der Waals surface area contributed by atoms with E-state index in [0.717, 1.165) is 10.3 Å². The van der Waals surface area contributed by atoms with E-state index in [1.807, 2.05) is 13.8 Å². The normalized spacial score (nSPS) is 11.6.